The van der Waals surface area contributed by atoms with E-state index in [0.29, 0.717) is 17.9 Å². The van der Waals surface area contributed by atoms with Crippen molar-refractivity contribution in [2.24, 2.45) is 0 Å². The number of esters is 1. The summed E-state index contributed by atoms with van der Waals surface area (Å²) in [7, 11) is 1.38. The zero-order chi connectivity index (χ0) is 14.5. The quantitative estimate of drug-likeness (QED) is 0.787. The number of carbonyl (C=O) groups excluding carboxylic acids is 1. The summed E-state index contributed by atoms with van der Waals surface area (Å²) in [4.78, 5) is 15.5. The molecule has 20 heavy (non-hydrogen) atoms. The molecule has 1 aromatic heterocycles. The van der Waals surface area contributed by atoms with E-state index in [0.717, 1.165) is 21.0 Å². The average molecular weight is 376 g/mol. The Morgan fingerprint density at radius 1 is 1.55 bits per heavy atom. The van der Waals surface area contributed by atoms with Crippen molar-refractivity contribution in [2.75, 3.05) is 12.4 Å². The van der Waals surface area contributed by atoms with Gasteiger partial charge in [-0.05, 0) is 34.1 Å². The molecule has 0 aliphatic heterocycles. The molecule has 2 aromatic rings. The third-order valence-corrected chi connectivity index (χ3v) is 4.27. The van der Waals surface area contributed by atoms with Crippen molar-refractivity contribution in [1.29, 1.82) is 0 Å². The molecule has 2 rings (SSSR count). The third kappa shape index (κ3) is 4.19. The van der Waals surface area contributed by atoms with Crippen LogP contribution in [0.2, 0.25) is 5.02 Å². The van der Waals surface area contributed by atoms with Gasteiger partial charge in [0.2, 0.25) is 0 Å². The van der Waals surface area contributed by atoms with Gasteiger partial charge in [-0.2, -0.15) is 0 Å². The minimum Gasteiger partial charge on any atom is -0.469 e. The van der Waals surface area contributed by atoms with E-state index in [9.17, 15) is 4.79 Å². The molecular weight excluding hydrogens is 364 g/mol. The van der Waals surface area contributed by atoms with Crippen LogP contribution in [0.15, 0.2) is 28.1 Å². The lowest BCUT2D eigenvalue weighted by molar-refractivity contribution is -0.140. The van der Waals surface area contributed by atoms with Crippen molar-refractivity contribution in [1.82, 2.24) is 4.98 Å². The van der Waals surface area contributed by atoms with Gasteiger partial charge in [-0.3, -0.25) is 4.79 Å². The lowest BCUT2D eigenvalue weighted by atomic mass is 10.2. The number of thiazole rings is 1. The maximum Gasteiger partial charge on any atom is 0.305 e. The van der Waals surface area contributed by atoms with Crippen LogP contribution in [0.1, 0.15) is 12.1 Å². The first-order valence-electron chi connectivity index (χ1n) is 5.82. The molecule has 1 aromatic carbocycles. The topological polar surface area (TPSA) is 51.2 Å². The van der Waals surface area contributed by atoms with E-state index >= 15 is 0 Å². The summed E-state index contributed by atoms with van der Waals surface area (Å²) in [6, 6.07) is 5.50. The number of nitrogens with zero attached hydrogens (tertiary/aromatic N) is 1. The number of hydrogen-bond acceptors (Lipinski definition) is 5. The highest BCUT2D eigenvalue weighted by Crippen LogP contribution is 2.30. The van der Waals surface area contributed by atoms with Crippen molar-refractivity contribution in [3.8, 4) is 0 Å². The Labute approximate surface area is 134 Å². The van der Waals surface area contributed by atoms with Gasteiger partial charge in [-0.1, -0.05) is 11.6 Å². The van der Waals surface area contributed by atoms with Crippen molar-refractivity contribution < 1.29 is 9.53 Å². The Morgan fingerprint density at radius 2 is 2.35 bits per heavy atom. The normalized spacial score (nSPS) is 10.3. The number of ether oxygens (including phenoxy) is 1. The Morgan fingerprint density at radius 3 is 3.10 bits per heavy atom. The van der Waals surface area contributed by atoms with Crippen molar-refractivity contribution in [3.63, 3.8) is 0 Å². The molecule has 0 radical (unpaired) electrons. The maximum atomic E-state index is 11.1. The molecule has 0 spiro atoms. The molecule has 0 aliphatic rings. The smallest absolute Gasteiger partial charge is 0.305 e. The molecule has 0 fully saturated rings. The number of aryl methyl sites for hydroxylation is 1. The molecule has 0 bridgehead atoms. The summed E-state index contributed by atoms with van der Waals surface area (Å²) in [5.41, 5.74) is 1.72. The molecule has 0 unspecified atom stereocenters. The molecular formula is C13H12BrClN2O2S. The van der Waals surface area contributed by atoms with Crippen LogP contribution < -0.4 is 5.32 Å². The van der Waals surface area contributed by atoms with Gasteiger partial charge in [0.05, 0.1) is 24.9 Å². The van der Waals surface area contributed by atoms with E-state index in [1.807, 2.05) is 17.5 Å². The Kier molecular flexibility index (Phi) is 5.39. The fourth-order valence-electron chi connectivity index (χ4n) is 1.52. The number of aromatic nitrogens is 1. The van der Waals surface area contributed by atoms with Crippen LogP contribution in [-0.2, 0) is 16.0 Å². The van der Waals surface area contributed by atoms with Gasteiger partial charge >= 0.3 is 5.97 Å². The van der Waals surface area contributed by atoms with Crippen molar-refractivity contribution in [3.05, 3.63) is 38.8 Å². The maximum absolute atomic E-state index is 11.1. The minimum atomic E-state index is -0.231. The summed E-state index contributed by atoms with van der Waals surface area (Å²) >= 11 is 10.9. The van der Waals surface area contributed by atoms with Gasteiger partial charge in [0.15, 0.2) is 5.13 Å². The molecule has 0 amide bonds. The number of carbonyl (C=O) groups is 1. The van der Waals surface area contributed by atoms with Gasteiger partial charge in [0.1, 0.15) is 0 Å². The van der Waals surface area contributed by atoms with Crippen molar-refractivity contribution in [2.45, 2.75) is 12.8 Å². The summed E-state index contributed by atoms with van der Waals surface area (Å²) in [6.07, 6.45) is 0.905. The monoisotopic (exact) mass is 374 g/mol. The molecule has 0 saturated heterocycles. The number of methoxy groups -OCH3 is 1. The van der Waals surface area contributed by atoms with Gasteiger partial charge in [-0.25, -0.2) is 4.98 Å². The molecule has 1 N–H and O–H groups in total. The van der Waals surface area contributed by atoms with E-state index in [-0.39, 0.29) is 5.97 Å². The van der Waals surface area contributed by atoms with Gasteiger partial charge < -0.3 is 10.1 Å². The van der Waals surface area contributed by atoms with Crippen molar-refractivity contribution >= 4 is 55.7 Å². The van der Waals surface area contributed by atoms with Gasteiger partial charge in [0, 0.05) is 21.3 Å². The van der Waals surface area contributed by atoms with Crippen LogP contribution >= 0.6 is 38.9 Å². The largest absolute Gasteiger partial charge is 0.469 e. The lowest BCUT2D eigenvalue weighted by Gasteiger charge is -2.05. The van der Waals surface area contributed by atoms with Crippen LogP contribution in [0.25, 0.3) is 0 Å². The van der Waals surface area contributed by atoms with Crippen LogP contribution in [0, 0.1) is 0 Å². The van der Waals surface area contributed by atoms with Crippen LogP contribution in [0.5, 0.6) is 0 Å². The number of benzene rings is 1. The van der Waals surface area contributed by atoms with Crippen LogP contribution in [0.3, 0.4) is 0 Å². The summed E-state index contributed by atoms with van der Waals surface area (Å²) < 4.78 is 5.51. The zero-order valence-corrected chi connectivity index (χ0v) is 13.8. The summed E-state index contributed by atoms with van der Waals surface area (Å²) in [6.45, 7) is 0. The second-order valence-corrected chi connectivity index (χ2v) is 6.12. The van der Waals surface area contributed by atoms with E-state index < -0.39 is 0 Å². The Balaban J connectivity index is 2.02. The number of rotatable bonds is 5. The van der Waals surface area contributed by atoms with Gasteiger partial charge in [0.25, 0.3) is 0 Å². The molecule has 4 nitrogen and oxygen atoms in total. The predicted molar refractivity (Wildman–Crippen MR) is 84.9 cm³/mol. The zero-order valence-electron chi connectivity index (χ0n) is 10.7. The van der Waals surface area contributed by atoms with E-state index in [2.05, 4.69) is 31.0 Å². The van der Waals surface area contributed by atoms with E-state index in [4.69, 9.17) is 11.6 Å². The molecule has 0 atom stereocenters. The molecule has 0 aliphatic carbocycles. The standard InChI is InChI=1S/C13H12BrClN2O2S/c1-19-12(18)5-3-9-7-20-13(16-9)17-11-6-8(15)2-4-10(11)14/h2,4,6-7H,3,5H2,1H3,(H,16,17). The SMILES string of the molecule is COC(=O)CCc1csc(Nc2cc(Cl)ccc2Br)n1. The molecule has 7 heteroatoms. The minimum absolute atomic E-state index is 0.231. The number of halogens is 2. The first kappa shape index (κ1) is 15.3. The van der Waals surface area contributed by atoms with E-state index in [1.165, 1.54) is 18.4 Å². The fourth-order valence-corrected chi connectivity index (χ4v) is 2.79. The third-order valence-electron chi connectivity index (χ3n) is 2.53. The molecule has 0 saturated carbocycles. The highest BCUT2D eigenvalue weighted by atomic mass is 79.9. The van der Waals surface area contributed by atoms with E-state index in [1.54, 1.807) is 6.07 Å². The van der Waals surface area contributed by atoms with Crippen LogP contribution in [0.4, 0.5) is 10.8 Å². The Hall–Kier alpha value is -1.11. The van der Waals surface area contributed by atoms with Crippen LogP contribution in [-0.4, -0.2) is 18.1 Å². The second-order valence-electron chi connectivity index (χ2n) is 3.97. The second kappa shape index (κ2) is 7.06. The first-order chi connectivity index (χ1) is 9.58. The highest BCUT2D eigenvalue weighted by molar-refractivity contribution is 9.10. The average Bonchev–Trinajstić information content (AvgIpc) is 2.88. The molecule has 1 heterocycles. The number of hydrogen-bond donors (Lipinski definition) is 1. The van der Waals surface area contributed by atoms with Gasteiger partial charge in [-0.15, -0.1) is 11.3 Å². The predicted octanol–water partition coefficient (Wildman–Crippen LogP) is 4.41. The summed E-state index contributed by atoms with van der Waals surface area (Å²) in [5, 5.41) is 6.52. The number of anilines is 2. The lowest BCUT2D eigenvalue weighted by Crippen LogP contribution is -2.02. The molecule has 106 valence electrons. The summed E-state index contributed by atoms with van der Waals surface area (Å²) in [5.74, 6) is -0.231. The fraction of sp³-hybridized carbons (Fsp3) is 0.231. The first-order valence-corrected chi connectivity index (χ1v) is 7.87. The Bertz CT molecular complexity index is 618. The number of nitrogens with one attached hydrogen (secondary N) is 1. The highest BCUT2D eigenvalue weighted by Gasteiger charge is 2.07.